The van der Waals surface area contributed by atoms with Crippen molar-refractivity contribution in [1.82, 2.24) is 0 Å². The fourth-order valence-electron chi connectivity index (χ4n) is 0.820. The Hall–Kier alpha value is -0.570. The molecule has 0 saturated carbocycles. The number of aldehydes is 1. The molecule has 0 heterocycles. The number of rotatable bonds is 6. The maximum atomic E-state index is 10.00. The van der Waals surface area contributed by atoms with Gasteiger partial charge >= 0.3 is 0 Å². The minimum absolute atomic E-state index is 0.0219. The number of hydrogen-bond donors (Lipinski definition) is 6. The van der Waals surface area contributed by atoms with E-state index in [1.807, 2.05) is 0 Å². The molecule has 0 radical (unpaired) electrons. The predicted molar refractivity (Wildman–Crippen MR) is 43.2 cm³/mol. The second-order valence-electron chi connectivity index (χ2n) is 2.85. The molecule has 7 heteroatoms. The van der Waals surface area contributed by atoms with Gasteiger partial charge in [-0.15, -0.1) is 0 Å². The Bertz CT molecular complexity index is 173. The first-order chi connectivity index (χ1) is 6.45. The number of carbonyl (C=O) groups is 1. The lowest BCUT2D eigenvalue weighted by Gasteiger charge is -2.26. The van der Waals surface area contributed by atoms with Crippen molar-refractivity contribution in [1.29, 1.82) is 0 Å². The van der Waals surface area contributed by atoms with E-state index in [4.69, 9.17) is 30.6 Å². The quantitative estimate of drug-likeness (QED) is 0.245. The van der Waals surface area contributed by atoms with E-state index in [2.05, 4.69) is 0 Å². The largest absolute Gasteiger partial charge is 0.394 e. The molecular weight excluding hydrogens is 196 g/mol. The van der Waals surface area contributed by atoms with Gasteiger partial charge in [-0.3, -0.25) is 0 Å². The van der Waals surface area contributed by atoms with Gasteiger partial charge < -0.3 is 35.4 Å². The van der Waals surface area contributed by atoms with Crippen LogP contribution >= 0.6 is 0 Å². The maximum absolute atomic E-state index is 10.00. The fraction of sp³-hybridized carbons (Fsp3) is 0.857. The molecule has 7 nitrogen and oxygen atoms in total. The first kappa shape index (κ1) is 13.4. The van der Waals surface area contributed by atoms with Gasteiger partial charge in [-0.1, -0.05) is 0 Å². The molecule has 0 aliphatic heterocycles. The highest BCUT2D eigenvalue weighted by atomic mass is 16.4. The first-order valence-corrected chi connectivity index (χ1v) is 3.92. The van der Waals surface area contributed by atoms with Crippen LogP contribution in [0.1, 0.15) is 0 Å². The Labute approximate surface area is 79.9 Å². The fourth-order valence-corrected chi connectivity index (χ4v) is 0.820. The minimum atomic E-state index is -1.92. The van der Waals surface area contributed by atoms with E-state index in [0.717, 1.165) is 0 Å². The van der Waals surface area contributed by atoms with Gasteiger partial charge in [-0.25, -0.2) is 0 Å². The van der Waals surface area contributed by atoms with Crippen LogP contribution < -0.4 is 0 Å². The summed E-state index contributed by atoms with van der Waals surface area (Å²) in [5, 5.41) is 53.2. The van der Waals surface area contributed by atoms with Gasteiger partial charge in [0.25, 0.3) is 0 Å². The normalized spacial score (nSPS) is 22.1. The Balaban J connectivity index is 4.29. The molecule has 0 aromatic rings. The van der Waals surface area contributed by atoms with Crippen molar-refractivity contribution in [3.05, 3.63) is 0 Å². The Morgan fingerprint density at radius 2 is 1.43 bits per heavy atom. The third kappa shape index (κ3) is 3.29. The van der Waals surface area contributed by atoms with Crippen molar-refractivity contribution in [3.8, 4) is 0 Å². The van der Waals surface area contributed by atoms with Crippen molar-refractivity contribution in [3.63, 3.8) is 0 Å². The zero-order valence-corrected chi connectivity index (χ0v) is 7.26. The molecule has 0 aromatic heterocycles. The SMILES string of the molecule is O=CC(O)[C@H](O)[C@H](O)[C@H](O)[C@@H](O)CO. The van der Waals surface area contributed by atoms with Gasteiger partial charge in [0.15, 0.2) is 6.29 Å². The maximum Gasteiger partial charge on any atom is 0.151 e. The summed E-state index contributed by atoms with van der Waals surface area (Å²) in [6, 6.07) is 0. The van der Waals surface area contributed by atoms with E-state index < -0.39 is 37.1 Å². The highest BCUT2D eigenvalue weighted by Gasteiger charge is 2.33. The van der Waals surface area contributed by atoms with Gasteiger partial charge in [0.05, 0.1) is 6.61 Å². The number of carbonyl (C=O) groups excluding carboxylic acids is 1. The van der Waals surface area contributed by atoms with Crippen molar-refractivity contribution < 1.29 is 35.4 Å². The number of hydrogen-bond acceptors (Lipinski definition) is 7. The third-order valence-corrected chi connectivity index (χ3v) is 1.77. The zero-order valence-electron chi connectivity index (χ0n) is 7.26. The average molecular weight is 210 g/mol. The van der Waals surface area contributed by atoms with E-state index in [0.29, 0.717) is 0 Å². The summed E-state index contributed by atoms with van der Waals surface area (Å²) in [6.45, 7) is -0.817. The van der Waals surface area contributed by atoms with E-state index in [-0.39, 0.29) is 6.29 Å². The van der Waals surface area contributed by atoms with E-state index in [9.17, 15) is 4.79 Å². The summed E-state index contributed by atoms with van der Waals surface area (Å²) >= 11 is 0. The van der Waals surface area contributed by atoms with Crippen LogP contribution in [0.2, 0.25) is 0 Å². The highest BCUT2D eigenvalue weighted by Crippen LogP contribution is 2.07. The lowest BCUT2D eigenvalue weighted by Crippen LogP contribution is -2.50. The molecule has 1 unspecified atom stereocenters. The molecule has 0 aliphatic rings. The standard InChI is InChI=1S/C7H14O7/c8-1-3(10)5(12)7(14)6(13)4(11)2-9/h1,3-7,9-14H,2H2/t3?,4-,5-,6+,7-/m0/s1. The monoisotopic (exact) mass is 210 g/mol. The van der Waals surface area contributed by atoms with Crippen LogP contribution in [0.25, 0.3) is 0 Å². The molecule has 5 atom stereocenters. The summed E-state index contributed by atoms with van der Waals surface area (Å²) < 4.78 is 0. The smallest absolute Gasteiger partial charge is 0.151 e. The molecule has 14 heavy (non-hydrogen) atoms. The average Bonchev–Trinajstić information content (AvgIpc) is 2.23. The summed E-state index contributed by atoms with van der Waals surface area (Å²) in [5.74, 6) is 0. The third-order valence-electron chi connectivity index (χ3n) is 1.77. The Morgan fingerprint density at radius 1 is 0.929 bits per heavy atom. The van der Waals surface area contributed by atoms with E-state index >= 15 is 0 Å². The van der Waals surface area contributed by atoms with E-state index in [1.165, 1.54) is 0 Å². The molecule has 0 fully saturated rings. The molecule has 0 aromatic carbocycles. The number of aliphatic hydroxyl groups is 6. The lowest BCUT2D eigenvalue weighted by molar-refractivity contribution is -0.147. The molecule has 6 N–H and O–H groups in total. The molecule has 0 spiro atoms. The summed E-state index contributed by atoms with van der Waals surface area (Å²) in [4.78, 5) is 10.00. The lowest BCUT2D eigenvalue weighted by atomic mass is 10.0. The second-order valence-corrected chi connectivity index (χ2v) is 2.85. The Kier molecular flexibility index (Phi) is 5.77. The van der Waals surface area contributed by atoms with Gasteiger partial charge in [0.2, 0.25) is 0 Å². The molecule has 0 aliphatic carbocycles. The second kappa shape index (κ2) is 6.02. The van der Waals surface area contributed by atoms with Gasteiger partial charge in [-0.05, 0) is 0 Å². The van der Waals surface area contributed by atoms with Gasteiger partial charge in [-0.2, -0.15) is 0 Å². The van der Waals surface area contributed by atoms with Crippen LogP contribution in [0.3, 0.4) is 0 Å². The van der Waals surface area contributed by atoms with Crippen LogP contribution in [0, 0.1) is 0 Å². The molecule has 84 valence electrons. The van der Waals surface area contributed by atoms with Crippen molar-refractivity contribution >= 4 is 6.29 Å². The highest BCUT2D eigenvalue weighted by molar-refractivity contribution is 5.56. The van der Waals surface area contributed by atoms with Crippen LogP contribution in [-0.2, 0) is 4.79 Å². The summed E-state index contributed by atoms with van der Waals surface area (Å²) in [6.07, 6.45) is -9.21. The van der Waals surface area contributed by atoms with Gasteiger partial charge in [0.1, 0.15) is 30.5 Å². The van der Waals surface area contributed by atoms with Crippen molar-refractivity contribution in [2.45, 2.75) is 30.5 Å². The van der Waals surface area contributed by atoms with Crippen molar-refractivity contribution in [2.75, 3.05) is 6.61 Å². The summed E-state index contributed by atoms with van der Waals surface area (Å²) in [7, 11) is 0. The number of aliphatic hydroxyl groups excluding tert-OH is 6. The topological polar surface area (TPSA) is 138 Å². The minimum Gasteiger partial charge on any atom is -0.394 e. The molecule has 0 rings (SSSR count). The van der Waals surface area contributed by atoms with Crippen LogP contribution in [-0.4, -0.2) is 74.1 Å². The summed E-state index contributed by atoms with van der Waals surface area (Å²) in [5.41, 5.74) is 0. The zero-order chi connectivity index (χ0) is 11.3. The van der Waals surface area contributed by atoms with E-state index in [1.54, 1.807) is 0 Å². The predicted octanol–water partition coefficient (Wildman–Crippen LogP) is -4.02. The molecule has 0 amide bonds. The molecule has 0 bridgehead atoms. The van der Waals surface area contributed by atoms with Crippen LogP contribution in [0.4, 0.5) is 0 Å². The molecule has 0 saturated heterocycles. The van der Waals surface area contributed by atoms with Crippen molar-refractivity contribution in [2.24, 2.45) is 0 Å². The van der Waals surface area contributed by atoms with Crippen LogP contribution in [0.5, 0.6) is 0 Å². The Morgan fingerprint density at radius 3 is 1.79 bits per heavy atom. The van der Waals surface area contributed by atoms with Crippen LogP contribution in [0.15, 0.2) is 0 Å². The first-order valence-electron chi connectivity index (χ1n) is 3.92. The molecular formula is C7H14O7. The van der Waals surface area contributed by atoms with Gasteiger partial charge in [0, 0.05) is 0 Å².